The Hall–Kier alpha value is -2.80. The van der Waals surface area contributed by atoms with E-state index in [1.807, 2.05) is 42.9 Å². The predicted molar refractivity (Wildman–Crippen MR) is 104 cm³/mol. The highest BCUT2D eigenvalue weighted by Gasteiger charge is 2.25. The van der Waals surface area contributed by atoms with Crippen LogP contribution in [0.25, 0.3) is 11.3 Å². The van der Waals surface area contributed by atoms with E-state index in [4.69, 9.17) is 0 Å². The Morgan fingerprint density at radius 2 is 2.00 bits per heavy atom. The summed E-state index contributed by atoms with van der Waals surface area (Å²) in [6.45, 7) is 3.98. The minimum absolute atomic E-state index is 0.0168. The molecule has 27 heavy (non-hydrogen) atoms. The molecule has 3 aromatic rings. The fourth-order valence-electron chi connectivity index (χ4n) is 3.61. The summed E-state index contributed by atoms with van der Waals surface area (Å²) in [6, 6.07) is 8.02. The lowest BCUT2D eigenvalue weighted by Gasteiger charge is -2.27. The molecule has 2 heterocycles. The number of nitrogens with zero attached hydrogens (tertiary/aromatic N) is 5. The van der Waals surface area contributed by atoms with Crippen LogP contribution in [0.5, 0.6) is 0 Å². The van der Waals surface area contributed by atoms with Gasteiger partial charge in [-0.25, -0.2) is 14.6 Å². The van der Waals surface area contributed by atoms with E-state index in [0.29, 0.717) is 5.95 Å². The minimum atomic E-state index is -0.346. The Balaban J connectivity index is 1.60. The summed E-state index contributed by atoms with van der Waals surface area (Å²) in [5.41, 5.74) is 4.69. The summed E-state index contributed by atoms with van der Waals surface area (Å²) in [4.78, 5) is 8.65. The molecule has 0 saturated heterocycles. The van der Waals surface area contributed by atoms with Gasteiger partial charge in [0.25, 0.3) is 0 Å². The van der Waals surface area contributed by atoms with Crippen LogP contribution in [0.4, 0.5) is 11.6 Å². The van der Waals surface area contributed by atoms with Crippen molar-refractivity contribution < 1.29 is 5.11 Å². The molecule has 140 valence electrons. The van der Waals surface area contributed by atoms with E-state index in [0.717, 1.165) is 53.9 Å². The van der Waals surface area contributed by atoms with E-state index >= 15 is 0 Å². The Labute approximate surface area is 158 Å². The van der Waals surface area contributed by atoms with E-state index in [1.54, 1.807) is 6.20 Å². The molecule has 0 spiro atoms. The minimum Gasteiger partial charge on any atom is -0.391 e. The first-order valence-electron chi connectivity index (χ1n) is 9.37. The second-order valence-electron chi connectivity index (χ2n) is 7.24. The molecule has 0 amide bonds. The fourth-order valence-corrected chi connectivity index (χ4v) is 3.61. The van der Waals surface area contributed by atoms with Gasteiger partial charge in [0, 0.05) is 23.1 Å². The largest absolute Gasteiger partial charge is 0.391 e. The van der Waals surface area contributed by atoms with Crippen LogP contribution in [-0.4, -0.2) is 36.2 Å². The zero-order valence-corrected chi connectivity index (χ0v) is 15.6. The zero-order valence-electron chi connectivity index (χ0n) is 15.6. The number of aliphatic hydroxyl groups excluding tert-OH is 1. The number of aromatic nitrogens is 5. The van der Waals surface area contributed by atoms with Crippen molar-refractivity contribution in [1.29, 1.82) is 0 Å². The molecule has 2 atom stereocenters. The van der Waals surface area contributed by atoms with Crippen LogP contribution in [0.3, 0.4) is 0 Å². The van der Waals surface area contributed by atoms with Gasteiger partial charge in [0.15, 0.2) is 0 Å². The summed E-state index contributed by atoms with van der Waals surface area (Å²) in [5, 5.41) is 22.1. The maximum Gasteiger partial charge on any atom is 0.227 e. The fraction of sp³-hybridized carbons (Fsp3) is 0.400. The third-order valence-electron chi connectivity index (χ3n) is 4.97. The maximum atomic E-state index is 10.3. The number of rotatable bonds is 4. The first-order valence-corrected chi connectivity index (χ1v) is 9.37. The van der Waals surface area contributed by atoms with Crippen LogP contribution in [0.15, 0.2) is 36.7 Å². The average molecular weight is 364 g/mol. The lowest BCUT2D eigenvalue weighted by atomic mass is 9.93. The molecule has 1 saturated carbocycles. The number of benzene rings is 1. The molecule has 1 aliphatic rings. The number of anilines is 2. The first kappa shape index (κ1) is 17.6. The lowest BCUT2D eigenvalue weighted by molar-refractivity contribution is 0.0685. The average Bonchev–Trinajstić information content (AvgIpc) is 3.11. The van der Waals surface area contributed by atoms with Crippen LogP contribution in [0.1, 0.15) is 43.0 Å². The van der Waals surface area contributed by atoms with Gasteiger partial charge in [-0.05, 0) is 56.5 Å². The quantitative estimate of drug-likeness (QED) is 0.736. The molecule has 1 aliphatic carbocycles. The SMILES string of the molecule is Cc1cc(Nc2nccc(C)n2)cc(-c2cn(C3CCCCC3O)nn2)c1. The van der Waals surface area contributed by atoms with Crippen molar-refractivity contribution in [2.45, 2.75) is 51.7 Å². The van der Waals surface area contributed by atoms with Crippen molar-refractivity contribution in [3.63, 3.8) is 0 Å². The van der Waals surface area contributed by atoms with E-state index < -0.39 is 0 Å². The van der Waals surface area contributed by atoms with Crippen molar-refractivity contribution in [2.24, 2.45) is 0 Å². The molecular weight excluding hydrogens is 340 g/mol. The molecule has 7 heteroatoms. The van der Waals surface area contributed by atoms with Gasteiger partial charge < -0.3 is 10.4 Å². The number of hydrogen-bond acceptors (Lipinski definition) is 6. The summed E-state index contributed by atoms with van der Waals surface area (Å²) < 4.78 is 1.82. The van der Waals surface area contributed by atoms with Crippen LogP contribution < -0.4 is 5.32 Å². The van der Waals surface area contributed by atoms with Crippen molar-refractivity contribution >= 4 is 11.6 Å². The van der Waals surface area contributed by atoms with Crippen molar-refractivity contribution in [3.8, 4) is 11.3 Å². The van der Waals surface area contributed by atoms with Gasteiger partial charge >= 0.3 is 0 Å². The second kappa shape index (κ2) is 7.44. The van der Waals surface area contributed by atoms with Gasteiger partial charge in [-0.15, -0.1) is 5.10 Å². The highest BCUT2D eigenvalue weighted by Crippen LogP contribution is 2.30. The molecule has 1 fully saturated rings. The van der Waals surface area contributed by atoms with Gasteiger partial charge in [0.1, 0.15) is 5.69 Å². The lowest BCUT2D eigenvalue weighted by Crippen LogP contribution is -2.27. The van der Waals surface area contributed by atoms with E-state index in [9.17, 15) is 5.11 Å². The molecular formula is C20H24N6O. The molecule has 2 unspecified atom stereocenters. The smallest absolute Gasteiger partial charge is 0.227 e. The number of nitrogens with one attached hydrogen (secondary N) is 1. The molecule has 2 aromatic heterocycles. The van der Waals surface area contributed by atoms with Crippen molar-refractivity contribution in [3.05, 3.63) is 47.9 Å². The first-order chi connectivity index (χ1) is 13.1. The summed E-state index contributed by atoms with van der Waals surface area (Å²) >= 11 is 0. The van der Waals surface area contributed by atoms with E-state index in [-0.39, 0.29) is 12.1 Å². The van der Waals surface area contributed by atoms with Crippen LogP contribution in [-0.2, 0) is 0 Å². The Bertz CT molecular complexity index is 938. The molecule has 0 aliphatic heterocycles. The predicted octanol–water partition coefficient (Wildman–Crippen LogP) is 3.57. The summed E-state index contributed by atoms with van der Waals surface area (Å²) in [7, 11) is 0. The van der Waals surface area contributed by atoms with Crippen molar-refractivity contribution in [2.75, 3.05) is 5.32 Å². The maximum absolute atomic E-state index is 10.3. The normalized spacial score (nSPS) is 19.8. The molecule has 0 radical (unpaired) electrons. The Kier molecular flexibility index (Phi) is 4.85. The van der Waals surface area contributed by atoms with Crippen molar-refractivity contribution in [1.82, 2.24) is 25.0 Å². The second-order valence-corrected chi connectivity index (χ2v) is 7.24. The molecule has 1 aromatic carbocycles. The zero-order chi connectivity index (χ0) is 18.8. The third-order valence-corrected chi connectivity index (χ3v) is 4.97. The third kappa shape index (κ3) is 3.98. The Morgan fingerprint density at radius 1 is 1.15 bits per heavy atom. The number of hydrogen-bond donors (Lipinski definition) is 2. The van der Waals surface area contributed by atoms with E-state index in [2.05, 4.69) is 31.7 Å². The van der Waals surface area contributed by atoms with Crippen LogP contribution >= 0.6 is 0 Å². The monoisotopic (exact) mass is 364 g/mol. The standard InChI is InChI=1S/C20H24N6O/c1-13-9-15(11-16(10-13)23-20-21-8-7-14(2)22-20)17-12-26(25-24-17)18-5-3-4-6-19(18)27/h7-12,18-19,27H,3-6H2,1-2H3,(H,21,22,23). The molecule has 2 N–H and O–H groups in total. The summed E-state index contributed by atoms with van der Waals surface area (Å²) in [6.07, 6.45) is 7.29. The van der Waals surface area contributed by atoms with Crippen LogP contribution in [0, 0.1) is 13.8 Å². The molecule has 7 nitrogen and oxygen atoms in total. The number of aliphatic hydroxyl groups is 1. The highest BCUT2D eigenvalue weighted by atomic mass is 16.3. The van der Waals surface area contributed by atoms with Gasteiger partial charge in [-0.2, -0.15) is 0 Å². The molecule has 4 rings (SSSR count). The Morgan fingerprint density at radius 3 is 2.81 bits per heavy atom. The van der Waals surface area contributed by atoms with Gasteiger partial charge in [-0.1, -0.05) is 18.1 Å². The molecule has 0 bridgehead atoms. The van der Waals surface area contributed by atoms with Gasteiger partial charge in [-0.3, -0.25) is 0 Å². The van der Waals surface area contributed by atoms with Gasteiger partial charge in [0.2, 0.25) is 5.95 Å². The topological polar surface area (TPSA) is 88.8 Å². The summed E-state index contributed by atoms with van der Waals surface area (Å²) in [5.74, 6) is 0.570. The van der Waals surface area contributed by atoms with Gasteiger partial charge in [0.05, 0.1) is 18.3 Å². The number of aryl methyl sites for hydroxylation is 2. The van der Waals surface area contributed by atoms with E-state index in [1.165, 1.54) is 0 Å². The highest BCUT2D eigenvalue weighted by molar-refractivity contribution is 5.68. The van der Waals surface area contributed by atoms with Crippen LogP contribution in [0.2, 0.25) is 0 Å².